The zero-order chi connectivity index (χ0) is 20.6. The minimum Gasteiger partial charge on any atom is -0.366 e. The molecule has 3 rings (SSSR count). The maximum atomic E-state index is 12.6. The van der Waals surface area contributed by atoms with Crippen molar-refractivity contribution in [2.45, 2.75) is 19.8 Å². The summed E-state index contributed by atoms with van der Waals surface area (Å²) in [7, 11) is 0. The highest BCUT2D eigenvalue weighted by Crippen LogP contribution is 2.27. The van der Waals surface area contributed by atoms with Crippen LogP contribution in [0.3, 0.4) is 0 Å². The van der Waals surface area contributed by atoms with Crippen molar-refractivity contribution in [1.82, 2.24) is 10.2 Å². The molecule has 0 bridgehead atoms. The molecule has 2 aromatic rings. The van der Waals surface area contributed by atoms with E-state index in [0.717, 1.165) is 36.4 Å². The molecule has 0 spiro atoms. The van der Waals surface area contributed by atoms with Crippen LogP contribution in [0, 0.1) is 0 Å². The molecular formula is C22H26N4O2S. The summed E-state index contributed by atoms with van der Waals surface area (Å²) in [5, 5.41) is 6.14. The fourth-order valence-electron chi connectivity index (χ4n) is 3.34. The zero-order valence-electron chi connectivity index (χ0n) is 16.6. The number of anilines is 2. The molecule has 1 aliphatic heterocycles. The Morgan fingerprint density at radius 1 is 0.966 bits per heavy atom. The topological polar surface area (TPSA) is 64.7 Å². The first-order chi connectivity index (χ1) is 14.1. The van der Waals surface area contributed by atoms with E-state index in [2.05, 4.69) is 15.5 Å². The summed E-state index contributed by atoms with van der Waals surface area (Å²) in [6.45, 7) is 4.71. The van der Waals surface area contributed by atoms with E-state index in [0.29, 0.717) is 24.6 Å². The van der Waals surface area contributed by atoms with Crippen molar-refractivity contribution < 1.29 is 9.59 Å². The molecule has 2 amide bonds. The summed E-state index contributed by atoms with van der Waals surface area (Å²) in [5.74, 6) is -0.0213. The quantitative estimate of drug-likeness (QED) is 0.741. The third-order valence-electron chi connectivity index (χ3n) is 4.81. The number of hydrogen-bond donors (Lipinski definition) is 2. The van der Waals surface area contributed by atoms with Gasteiger partial charge in [0.15, 0.2) is 5.11 Å². The van der Waals surface area contributed by atoms with Crippen molar-refractivity contribution >= 4 is 40.5 Å². The first-order valence-electron chi connectivity index (χ1n) is 9.87. The summed E-state index contributed by atoms with van der Waals surface area (Å²) in [4.78, 5) is 28.5. The van der Waals surface area contributed by atoms with Gasteiger partial charge in [-0.25, -0.2) is 0 Å². The first-order valence-corrected chi connectivity index (χ1v) is 10.3. The number of piperazine rings is 1. The highest BCUT2D eigenvalue weighted by molar-refractivity contribution is 7.80. The molecule has 1 aliphatic rings. The van der Waals surface area contributed by atoms with Gasteiger partial charge >= 0.3 is 0 Å². The molecule has 29 heavy (non-hydrogen) atoms. The van der Waals surface area contributed by atoms with Crippen LogP contribution in [0.25, 0.3) is 0 Å². The van der Waals surface area contributed by atoms with Crippen molar-refractivity contribution in [2.24, 2.45) is 0 Å². The maximum absolute atomic E-state index is 12.6. The van der Waals surface area contributed by atoms with E-state index in [1.165, 1.54) is 0 Å². The summed E-state index contributed by atoms with van der Waals surface area (Å²) in [5.41, 5.74) is 2.57. The fraction of sp³-hybridized carbons (Fsp3) is 0.318. The van der Waals surface area contributed by atoms with Gasteiger partial charge in [-0.05, 0) is 42.9 Å². The Hall–Kier alpha value is -2.93. The number of benzene rings is 2. The molecular weight excluding hydrogens is 384 g/mol. The molecule has 0 atom stereocenters. The van der Waals surface area contributed by atoms with Crippen LogP contribution in [0.15, 0.2) is 54.6 Å². The minimum atomic E-state index is -0.0875. The van der Waals surface area contributed by atoms with Crippen molar-refractivity contribution in [1.29, 1.82) is 0 Å². The van der Waals surface area contributed by atoms with Crippen LogP contribution >= 0.6 is 12.2 Å². The van der Waals surface area contributed by atoms with Crippen LogP contribution in [0.4, 0.5) is 11.4 Å². The highest BCUT2D eigenvalue weighted by Gasteiger charge is 2.23. The molecule has 0 aliphatic carbocycles. The number of carbonyl (C=O) groups is 2. The van der Waals surface area contributed by atoms with Crippen LogP contribution in [-0.2, 0) is 4.79 Å². The zero-order valence-corrected chi connectivity index (χ0v) is 17.4. The lowest BCUT2D eigenvalue weighted by Gasteiger charge is -2.37. The van der Waals surface area contributed by atoms with Gasteiger partial charge in [-0.3, -0.25) is 9.59 Å². The minimum absolute atomic E-state index is 0.0662. The largest absolute Gasteiger partial charge is 0.366 e. The van der Waals surface area contributed by atoms with Crippen LogP contribution < -0.4 is 15.5 Å². The smallest absolute Gasteiger partial charge is 0.253 e. The number of para-hydroxylation sites is 2. The van der Waals surface area contributed by atoms with Crippen molar-refractivity contribution in [2.75, 3.05) is 36.4 Å². The van der Waals surface area contributed by atoms with E-state index in [-0.39, 0.29) is 11.8 Å². The predicted octanol–water partition coefficient (Wildman–Crippen LogP) is 3.26. The average Bonchev–Trinajstić information content (AvgIpc) is 2.74. The molecule has 1 fully saturated rings. The monoisotopic (exact) mass is 410 g/mol. The highest BCUT2D eigenvalue weighted by atomic mass is 32.1. The first kappa shape index (κ1) is 20.8. The summed E-state index contributed by atoms with van der Waals surface area (Å²) >= 11 is 5.28. The van der Waals surface area contributed by atoms with E-state index < -0.39 is 0 Å². The maximum Gasteiger partial charge on any atom is 0.253 e. The van der Waals surface area contributed by atoms with Gasteiger partial charge in [0.25, 0.3) is 5.91 Å². The number of amides is 2. The molecule has 1 saturated heterocycles. The molecule has 0 aromatic heterocycles. The molecule has 6 nitrogen and oxygen atoms in total. The van der Waals surface area contributed by atoms with E-state index in [1.54, 1.807) is 0 Å². The Labute approximate surface area is 176 Å². The molecule has 152 valence electrons. The SMILES string of the molecule is CCCC(=O)NC(=S)Nc1ccccc1N1CCN(C(=O)c2ccccc2)CC1. The second-order valence-electron chi connectivity index (χ2n) is 6.91. The van der Waals surface area contributed by atoms with E-state index >= 15 is 0 Å². The van der Waals surface area contributed by atoms with E-state index in [9.17, 15) is 9.59 Å². The molecule has 0 saturated carbocycles. The Morgan fingerprint density at radius 2 is 1.62 bits per heavy atom. The number of nitrogens with zero attached hydrogens (tertiary/aromatic N) is 2. The van der Waals surface area contributed by atoms with Gasteiger partial charge in [0.05, 0.1) is 11.4 Å². The number of thiocarbonyl (C=S) groups is 1. The standard InChI is InChI=1S/C22H26N4O2S/c1-2-8-20(27)24-22(29)23-18-11-6-7-12-19(18)25-13-15-26(16-14-25)21(28)17-9-4-3-5-10-17/h3-7,9-12H,2,8,13-16H2,1H3,(H2,23,24,27,29). The Morgan fingerprint density at radius 3 is 2.31 bits per heavy atom. The second kappa shape index (κ2) is 10.0. The lowest BCUT2D eigenvalue weighted by molar-refractivity contribution is -0.119. The van der Waals surface area contributed by atoms with Crippen LogP contribution in [-0.4, -0.2) is 48.0 Å². The van der Waals surface area contributed by atoms with Gasteiger partial charge in [0.2, 0.25) is 5.91 Å². The molecule has 0 radical (unpaired) electrons. The third-order valence-corrected chi connectivity index (χ3v) is 5.01. The van der Waals surface area contributed by atoms with Gasteiger partial charge in [-0.1, -0.05) is 37.3 Å². The van der Waals surface area contributed by atoms with Crippen LogP contribution in [0.1, 0.15) is 30.1 Å². The summed E-state index contributed by atoms with van der Waals surface area (Å²) in [6.07, 6.45) is 1.22. The van der Waals surface area contributed by atoms with Crippen molar-refractivity contribution in [3.05, 3.63) is 60.2 Å². The molecule has 7 heteroatoms. The molecule has 1 heterocycles. The van der Waals surface area contributed by atoms with Gasteiger partial charge in [-0.2, -0.15) is 0 Å². The lowest BCUT2D eigenvalue weighted by Crippen LogP contribution is -2.49. The number of rotatable bonds is 5. The Bertz CT molecular complexity index is 864. The lowest BCUT2D eigenvalue weighted by atomic mass is 10.1. The Kier molecular flexibility index (Phi) is 7.19. The van der Waals surface area contributed by atoms with Crippen molar-refractivity contribution in [3.63, 3.8) is 0 Å². The average molecular weight is 411 g/mol. The van der Waals surface area contributed by atoms with E-state index in [4.69, 9.17) is 12.2 Å². The molecule has 0 unspecified atom stereocenters. The van der Waals surface area contributed by atoms with Crippen molar-refractivity contribution in [3.8, 4) is 0 Å². The molecule has 2 aromatic carbocycles. The Balaban J connectivity index is 1.62. The summed E-state index contributed by atoms with van der Waals surface area (Å²) < 4.78 is 0. The second-order valence-corrected chi connectivity index (χ2v) is 7.32. The van der Waals surface area contributed by atoms with Crippen LogP contribution in [0.5, 0.6) is 0 Å². The number of carbonyl (C=O) groups excluding carboxylic acids is 2. The van der Waals surface area contributed by atoms with E-state index in [1.807, 2.05) is 66.4 Å². The molecule has 2 N–H and O–H groups in total. The van der Waals surface area contributed by atoms with Gasteiger partial charge in [-0.15, -0.1) is 0 Å². The fourth-order valence-corrected chi connectivity index (χ4v) is 3.56. The number of hydrogen-bond acceptors (Lipinski definition) is 4. The normalized spacial score (nSPS) is 13.7. The third kappa shape index (κ3) is 5.54. The number of nitrogens with one attached hydrogen (secondary N) is 2. The van der Waals surface area contributed by atoms with Crippen LogP contribution in [0.2, 0.25) is 0 Å². The van der Waals surface area contributed by atoms with Gasteiger partial charge < -0.3 is 20.4 Å². The predicted molar refractivity (Wildman–Crippen MR) is 120 cm³/mol. The van der Waals surface area contributed by atoms with Gasteiger partial charge in [0.1, 0.15) is 0 Å². The van der Waals surface area contributed by atoms with Gasteiger partial charge in [0, 0.05) is 38.2 Å². The summed E-state index contributed by atoms with van der Waals surface area (Å²) in [6, 6.07) is 17.2.